The molecule has 1 N–H and O–H groups in total. The molecule has 0 spiro atoms. The SMILES string of the molecule is CC(C)(C)OCCNc1ccccc1OC(F)F. The lowest BCUT2D eigenvalue weighted by atomic mass is 10.2. The van der Waals surface area contributed by atoms with Crippen molar-refractivity contribution in [3.8, 4) is 5.75 Å². The molecule has 1 rings (SSSR count). The van der Waals surface area contributed by atoms with E-state index in [0.29, 0.717) is 18.8 Å². The van der Waals surface area contributed by atoms with Gasteiger partial charge < -0.3 is 14.8 Å². The van der Waals surface area contributed by atoms with Crippen LogP contribution in [0.15, 0.2) is 24.3 Å². The molecule has 0 fully saturated rings. The molecule has 0 heterocycles. The molecule has 18 heavy (non-hydrogen) atoms. The zero-order valence-electron chi connectivity index (χ0n) is 10.9. The van der Waals surface area contributed by atoms with Gasteiger partial charge in [0.15, 0.2) is 0 Å². The van der Waals surface area contributed by atoms with E-state index < -0.39 is 6.61 Å². The van der Waals surface area contributed by atoms with Gasteiger partial charge in [0.25, 0.3) is 0 Å². The summed E-state index contributed by atoms with van der Waals surface area (Å²) >= 11 is 0. The molecule has 0 radical (unpaired) electrons. The minimum Gasteiger partial charge on any atom is -0.433 e. The first kappa shape index (κ1) is 14.7. The Balaban J connectivity index is 2.46. The highest BCUT2D eigenvalue weighted by atomic mass is 19.3. The zero-order valence-corrected chi connectivity index (χ0v) is 10.9. The number of anilines is 1. The minimum absolute atomic E-state index is 0.142. The minimum atomic E-state index is -2.82. The van der Waals surface area contributed by atoms with E-state index in [1.165, 1.54) is 6.07 Å². The Morgan fingerprint density at radius 3 is 2.50 bits per heavy atom. The van der Waals surface area contributed by atoms with Crippen molar-refractivity contribution in [2.75, 3.05) is 18.5 Å². The predicted octanol–water partition coefficient (Wildman–Crippen LogP) is 3.52. The van der Waals surface area contributed by atoms with Gasteiger partial charge in [0, 0.05) is 6.54 Å². The van der Waals surface area contributed by atoms with Gasteiger partial charge in [-0.05, 0) is 32.9 Å². The Morgan fingerprint density at radius 1 is 1.22 bits per heavy atom. The Hall–Kier alpha value is -1.36. The molecule has 102 valence electrons. The van der Waals surface area contributed by atoms with Gasteiger partial charge in [-0.3, -0.25) is 0 Å². The summed E-state index contributed by atoms with van der Waals surface area (Å²) in [5.74, 6) is 0.142. The molecule has 0 aliphatic rings. The third-order valence-electron chi connectivity index (χ3n) is 2.06. The molecule has 1 aromatic carbocycles. The summed E-state index contributed by atoms with van der Waals surface area (Å²) in [6, 6.07) is 6.59. The van der Waals surface area contributed by atoms with Gasteiger partial charge in [-0.1, -0.05) is 12.1 Å². The number of hydrogen-bond donors (Lipinski definition) is 1. The van der Waals surface area contributed by atoms with E-state index in [2.05, 4.69) is 10.1 Å². The van der Waals surface area contributed by atoms with Crippen LogP contribution < -0.4 is 10.1 Å². The lowest BCUT2D eigenvalue weighted by Gasteiger charge is -2.20. The van der Waals surface area contributed by atoms with Crippen LogP contribution in [0.3, 0.4) is 0 Å². The number of benzene rings is 1. The molecular formula is C13H19F2NO2. The van der Waals surface area contributed by atoms with E-state index in [1.807, 2.05) is 20.8 Å². The van der Waals surface area contributed by atoms with Crippen molar-refractivity contribution in [3.05, 3.63) is 24.3 Å². The number of halogens is 2. The average molecular weight is 259 g/mol. The number of ether oxygens (including phenoxy) is 2. The molecule has 0 aromatic heterocycles. The summed E-state index contributed by atoms with van der Waals surface area (Å²) < 4.78 is 34.3. The summed E-state index contributed by atoms with van der Waals surface area (Å²) in [5.41, 5.74) is 0.330. The topological polar surface area (TPSA) is 30.5 Å². The standard InChI is InChI=1S/C13H19F2NO2/c1-13(2,3)17-9-8-16-10-6-4-5-7-11(10)18-12(14)15/h4-7,12,16H,8-9H2,1-3H3. The van der Waals surface area contributed by atoms with Crippen LogP contribution in [0.1, 0.15) is 20.8 Å². The summed E-state index contributed by atoms with van der Waals surface area (Å²) in [6.45, 7) is 4.08. The van der Waals surface area contributed by atoms with Gasteiger partial charge in [-0.2, -0.15) is 8.78 Å². The first-order valence-electron chi connectivity index (χ1n) is 5.80. The quantitative estimate of drug-likeness (QED) is 0.793. The Morgan fingerprint density at radius 2 is 1.89 bits per heavy atom. The predicted molar refractivity (Wildman–Crippen MR) is 67.3 cm³/mol. The lowest BCUT2D eigenvalue weighted by molar-refractivity contribution is -0.0493. The average Bonchev–Trinajstić information content (AvgIpc) is 2.24. The molecule has 0 bridgehead atoms. The monoisotopic (exact) mass is 259 g/mol. The highest BCUT2D eigenvalue weighted by molar-refractivity contribution is 5.56. The summed E-state index contributed by atoms with van der Waals surface area (Å²) in [7, 11) is 0. The van der Waals surface area contributed by atoms with E-state index in [0.717, 1.165) is 0 Å². The number of hydrogen-bond acceptors (Lipinski definition) is 3. The first-order chi connectivity index (χ1) is 8.38. The van der Waals surface area contributed by atoms with Crippen molar-refractivity contribution in [1.29, 1.82) is 0 Å². The maximum absolute atomic E-state index is 12.2. The Labute approximate surface area is 106 Å². The molecule has 5 heteroatoms. The maximum atomic E-state index is 12.2. The van der Waals surface area contributed by atoms with Gasteiger partial charge >= 0.3 is 6.61 Å². The van der Waals surface area contributed by atoms with E-state index >= 15 is 0 Å². The fraction of sp³-hybridized carbons (Fsp3) is 0.538. The van der Waals surface area contributed by atoms with Crippen LogP contribution in [0, 0.1) is 0 Å². The second-order valence-corrected chi connectivity index (χ2v) is 4.76. The Bertz CT molecular complexity index is 364. The van der Waals surface area contributed by atoms with Gasteiger partial charge in [-0.25, -0.2) is 0 Å². The van der Waals surface area contributed by atoms with E-state index in [-0.39, 0.29) is 11.4 Å². The number of nitrogens with one attached hydrogen (secondary N) is 1. The fourth-order valence-corrected chi connectivity index (χ4v) is 1.35. The third-order valence-corrected chi connectivity index (χ3v) is 2.06. The molecule has 1 aromatic rings. The number of alkyl halides is 2. The largest absolute Gasteiger partial charge is 0.433 e. The van der Waals surface area contributed by atoms with Crippen LogP contribution in [-0.2, 0) is 4.74 Å². The lowest BCUT2D eigenvalue weighted by Crippen LogP contribution is -2.23. The van der Waals surface area contributed by atoms with Crippen molar-refractivity contribution >= 4 is 5.69 Å². The van der Waals surface area contributed by atoms with Gasteiger partial charge in [0.05, 0.1) is 17.9 Å². The summed E-state index contributed by atoms with van der Waals surface area (Å²) in [6.07, 6.45) is 0. The van der Waals surface area contributed by atoms with Crippen LogP contribution in [-0.4, -0.2) is 25.4 Å². The molecular weight excluding hydrogens is 240 g/mol. The number of para-hydroxylation sites is 2. The van der Waals surface area contributed by atoms with Crippen LogP contribution in [0.25, 0.3) is 0 Å². The van der Waals surface area contributed by atoms with E-state index in [1.54, 1.807) is 18.2 Å². The highest BCUT2D eigenvalue weighted by Gasteiger charge is 2.10. The van der Waals surface area contributed by atoms with Crippen molar-refractivity contribution in [1.82, 2.24) is 0 Å². The van der Waals surface area contributed by atoms with Crippen LogP contribution >= 0.6 is 0 Å². The Kier molecular flexibility index (Phi) is 5.34. The summed E-state index contributed by atoms with van der Waals surface area (Å²) in [5, 5.41) is 3.01. The molecule has 0 atom stereocenters. The number of rotatable bonds is 6. The molecule has 0 saturated heterocycles. The van der Waals surface area contributed by atoms with Crippen molar-refractivity contribution in [3.63, 3.8) is 0 Å². The molecule has 0 aliphatic heterocycles. The molecule has 0 saturated carbocycles. The van der Waals surface area contributed by atoms with Gasteiger partial charge in [0.1, 0.15) is 5.75 Å². The van der Waals surface area contributed by atoms with Crippen LogP contribution in [0.4, 0.5) is 14.5 Å². The molecule has 0 amide bonds. The zero-order chi connectivity index (χ0) is 13.6. The second kappa shape index (κ2) is 6.54. The van der Waals surface area contributed by atoms with Crippen molar-refractivity contribution in [2.45, 2.75) is 33.0 Å². The molecule has 0 unspecified atom stereocenters. The van der Waals surface area contributed by atoms with E-state index in [9.17, 15) is 8.78 Å². The summed E-state index contributed by atoms with van der Waals surface area (Å²) in [4.78, 5) is 0. The normalized spacial score (nSPS) is 11.7. The van der Waals surface area contributed by atoms with Gasteiger partial charge in [-0.15, -0.1) is 0 Å². The van der Waals surface area contributed by atoms with Crippen LogP contribution in [0.5, 0.6) is 5.75 Å². The smallest absolute Gasteiger partial charge is 0.387 e. The fourth-order valence-electron chi connectivity index (χ4n) is 1.35. The third kappa shape index (κ3) is 5.82. The van der Waals surface area contributed by atoms with E-state index in [4.69, 9.17) is 4.74 Å². The molecule has 3 nitrogen and oxygen atoms in total. The van der Waals surface area contributed by atoms with Gasteiger partial charge in [0.2, 0.25) is 0 Å². The highest BCUT2D eigenvalue weighted by Crippen LogP contribution is 2.25. The van der Waals surface area contributed by atoms with Crippen LogP contribution in [0.2, 0.25) is 0 Å². The second-order valence-electron chi connectivity index (χ2n) is 4.76. The van der Waals surface area contributed by atoms with Crippen molar-refractivity contribution < 1.29 is 18.3 Å². The molecule has 0 aliphatic carbocycles. The maximum Gasteiger partial charge on any atom is 0.387 e. The van der Waals surface area contributed by atoms with Crippen molar-refractivity contribution in [2.24, 2.45) is 0 Å². The first-order valence-corrected chi connectivity index (χ1v) is 5.80.